The minimum absolute atomic E-state index is 0.152. The Labute approximate surface area is 167 Å². The van der Waals surface area contributed by atoms with Crippen molar-refractivity contribution >= 4 is 10.0 Å². The summed E-state index contributed by atoms with van der Waals surface area (Å²) in [6.07, 6.45) is 3.90. The summed E-state index contributed by atoms with van der Waals surface area (Å²) in [6, 6.07) is 8.88. The number of nitrogens with zero attached hydrogens (tertiary/aromatic N) is 4. The first-order valence-corrected chi connectivity index (χ1v) is 10.6. The van der Waals surface area contributed by atoms with Gasteiger partial charge < -0.3 is 9.26 Å². The molecule has 1 aliphatic heterocycles. The first-order valence-electron chi connectivity index (χ1n) is 9.13. The minimum atomic E-state index is -3.59. The van der Waals surface area contributed by atoms with Crippen molar-refractivity contribution in [2.45, 2.75) is 23.7 Å². The van der Waals surface area contributed by atoms with Crippen LogP contribution in [0.15, 0.2) is 58.2 Å². The Balaban J connectivity index is 1.33. The van der Waals surface area contributed by atoms with E-state index in [0.29, 0.717) is 43.5 Å². The van der Waals surface area contributed by atoms with Crippen LogP contribution in [0.2, 0.25) is 0 Å². The van der Waals surface area contributed by atoms with Crippen LogP contribution in [0.5, 0.6) is 5.75 Å². The third-order valence-electron chi connectivity index (χ3n) is 4.66. The maximum absolute atomic E-state index is 12.9. The predicted molar refractivity (Wildman–Crippen MR) is 100 cm³/mol. The van der Waals surface area contributed by atoms with Crippen LogP contribution >= 0.6 is 0 Å². The largest absolute Gasteiger partial charge is 0.493 e. The van der Waals surface area contributed by atoms with Crippen LogP contribution in [-0.2, 0) is 16.4 Å². The third kappa shape index (κ3) is 4.43. The molecule has 0 saturated carbocycles. The molecule has 0 radical (unpaired) electrons. The first kappa shape index (κ1) is 19.5. The molecule has 1 saturated heterocycles. The van der Waals surface area contributed by atoms with Crippen LogP contribution < -0.4 is 4.74 Å². The summed E-state index contributed by atoms with van der Waals surface area (Å²) >= 11 is 0. The van der Waals surface area contributed by atoms with E-state index < -0.39 is 10.0 Å². The van der Waals surface area contributed by atoms with E-state index in [2.05, 4.69) is 15.1 Å². The maximum atomic E-state index is 12.9. The van der Waals surface area contributed by atoms with Crippen molar-refractivity contribution in [3.8, 4) is 5.75 Å². The number of hydrogen-bond acceptors (Lipinski definition) is 7. The molecule has 4 rings (SSSR count). The number of rotatable bonds is 7. The fraction of sp³-hybridized carbons (Fsp3) is 0.316. The highest BCUT2D eigenvalue weighted by molar-refractivity contribution is 7.89. The van der Waals surface area contributed by atoms with Crippen LogP contribution in [0.1, 0.15) is 24.1 Å². The third-order valence-corrected chi connectivity index (χ3v) is 6.51. The summed E-state index contributed by atoms with van der Waals surface area (Å²) in [7, 11) is -3.59. The number of hydrogen-bond donors (Lipinski definition) is 0. The van der Waals surface area contributed by atoms with Gasteiger partial charge in [-0.25, -0.2) is 12.8 Å². The maximum Gasteiger partial charge on any atom is 0.244 e. The molecule has 3 heterocycles. The van der Waals surface area contributed by atoms with Gasteiger partial charge in [0.1, 0.15) is 16.5 Å². The highest BCUT2D eigenvalue weighted by Gasteiger charge is 2.35. The van der Waals surface area contributed by atoms with E-state index in [1.54, 1.807) is 18.2 Å². The summed E-state index contributed by atoms with van der Waals surface area (Å²) < 4.78 is 50.6. The topological polar surface area (TPSA) is 98.4 Å². The van der Waals surface area contributed by atoms with Gasteiger partial charge in [0.15, 0.2) is 5.82 Å². The second kappa shape index (κ2) is 8.26. The molecule has 0 spiro atoms. The molecule has 0 bridgehead atoms. The Morgan fingerprint density at radius 3 is 2.83 bits per heavy atom. The SMILES string of the molecule is O=S(=O)(c1cccnc1)N1CCC(c2nc(CCOc3ccc(F)cc3)no2)C1. The van der Waals surface area contributed by atoms with Gasteiger partial charge in [0.25, 0.3) is 0 Å². The van der Waals surface area contributed by atoms with Gasteiger partial charge in [-0.05, 0) is 42.8 Å². The van der Waals surface area contributed by atoms with Gasteiger partial charge in [-0.3, -0.25) is 4.98 Å². The molecule has 0 amide bonds. The van der Waals surface area contributed by atoms with Crippen molar-refractivity contribution in [2.75, 3.05) is 19.7 Å². The van der Waals surface area contributed by atoms with Crippen molar-refractivity contribution < 1.29 is 22.1 Å². The van der Waals surface area contributed by atoms with E-state index in [4.69, 9.17) is 9.26 Å². The monoisotopic (exact) mass is 418 g/mol. The molecule has 0 aliphatic carbocycles. The van der Waals surface area contributed by atoms with Crippen LogP contribution in [0.4, 0.5) is 4.39 Å². The zero-order chi connectivity index (χ0) is 20.3. The number of ether oxygens (including phenoxy) is 1. The summed E-state index contributed by atoms with van der Waals surface area (Å²) in [4.78, 5) is 8.43. The predicted octanol–water partition coefficient (Wildman–Crippen LogP) is 2.40. The molecule has 0 N–H and O–H groups in total. The Hall–Kier alpha value is -2.85. The van der Waals surface area contributed by atoms with E-state index in [0.717, 1.165) is 0 Å². The van der Waals surface area contributed by atoms with Crippen molar-refractivity contribution in [3.63, 3.8) is 0 Å². The van der Waals surface area contributed by atoms with Gasteiger partial charge in [0.2, 0.25) is 15.9 Å². The molecule has 10 heteroatoms. The van der Waals surface area contributed by atoms with Crippen LogP contribution in [0.3, 0.4) is 0 Å². The number of benzene rings is 1. The van der Waals surface area contributed by atoms with Crippen molar-refractivity contribution in [2.24, 2.45) is 0 Å². The average molecular weight is 418 g/mol. The molecule has 1 aliphatic rings. The zero-order valence-corrected chi connectivity index (χ0v) is 16.3. The van der Waals surface area contributed by atoms with Gasteiger partial charge in [0, 0.05) is 31.9 Å². The fourth-order valence-electron chi connectivity index (χ4n) is 3.12. The number of pyridine rings is 1. The molecule has 1 aromatic carbocycles. The Morgan fingerprint density at radius 2 is 2.07 bits per heavy atom. The minimum Gasteiger partial charge on any atom is -0.493 e. The molecule has 29 heavy (non-hydrogen) atoms. The van der Waals surface area contributed by atoms with Gasteiger partial charge in [-0.1, -0.05) is 5.16 Å². The van der Waals surface area contributed by atoms with Crippen LogP contribution in [-0.4, -0.2) is 47.5 Å². The van der Waals surface area contributed by atoms with Crippen molar-refractivity contribution in [1.29, 1.82) is 0 Å². The molecule has 1 atom stereocenters. The average Bonchev–Trinajstić information content (AvgIpc) is 3.40. The lowest BCUT2D eigenvalue weighted by Gasteiger charge is -2.15. The summed E-state index contributed by atoms with van der Waals surface area (Å²) in [6.45, 7) is 0.981. The molecule has 1 unspecified atom stereocenters. The van der Waals surface area contributed by atoms with E-state index >= 15 is 0 Å². The molecule has 152 valence electrons. The lowest BCUT2D eigenvalue weighted by Crippen LogP contribution is -2.28. The van der Waals surface area contributed by atoms with E-state index in [1.165, 1.54) is 34.9 Å². The van der Waals surface area contributed by atoms with Crippen LogP contribution in [0, 0.1) is 5.82 Å². The second-order valence-corrected chi connectivity index (χ2v) is 8.58. The van der Waals surface area contributed by atoms with E-state index in [9.17, 15) is 12.8 Å². The van der Waals surface area contributed by atoms with Gasteiger partial charge in [0.05, 0.1) is 12.5 Å². The summed E-state index contributed by atoms with van der Waals surface area (Å²) in [5.74, 6) is 0.987. The molecule has 1 fully saturated rings. The molecular weight excluding hydrogens is 399 g/mol. The molecule has 3 aromatic rings. The molecule has 2 aromatic heterocycles. The van der Waals surface area contributed by atoms with Crippen molar-refractivity contribution in [1.82, 2.24) is 19.4 Å². The van der Waals surface area contributed by atoms with E-state index in [1.807, 2.05) is 0 Å². The molecule has 8 nitrogen and oxygen atoms in total. The molecular formula is C19H19FN4O4S. The lowest BCUT2D eigenvalue weighted by molar-refractivity contribution is 0.312. The fourth-order valence-corrected chi connectivity index (χ4v) is 4.59. The van der Waals surface area contributed by atoms with Crippen molar-refractivity contribution in [3.05, 3.63) is 66.3 Å². The Kier molecular flexibility index (Phi) is 5.54. The quantitative estimate of drug-likeness (QED) is 0.581. The second-order valence-electron chi connectivity index (χ2n) is 6.64. The zero-order valence-electron chi connectivity index (χ0n) is 15.4. The smallest absolute Gasteiger partial charge is 0.244 e. The number of halogens is 1. The van der Waals surface area contributed by atoms with Gasteiger partial charge in [-0.15, -0.1) is 0 Å². The highest BCUT2D eigenvalue weighted by atomic mass is 32.2. The number of sulfonamides is 1. The Bertz CT molecular complexity index is 1060. The normalized spacial score (nSPS) is 17.5. The lowest BCUT2D eigenvalue weighted by atomic mass is 10.1. The van der Waals surface area contributed by atoms with Gasteiger partial charge in [-0.2, -0.15) is 9.29 Å². The summed E-state index contributed by atoms with van der Waals surface area (Å²) in [5.41, 5.74) is 0. The highest BCUT2D eigenvalue weighted by Crippen LogP contribution is 2.30. The van der Waals surface area contributed by atoms with E-state index in [-0.39, 0.29) is 23.2 Å². The van der Waals surface area contributed by atoms with Gasteiger partial charge >= 0.3 is 0 Å². The first-order chi connectivity index (χ1) is 14.0. The number of aromatic nitrogens is 3. The Morgan fingerprint density at radius 1 is 1.24 bits per heavy atom. The van der Waals surface area contributed by atoms with Crippen LogP contribution in [0.25, 0.3) is 0 Å². The summed E-state index contributed by atoms with van der Waals surface area (Å²) in [5, 5.41) is 3.95. The standard InChI is InChI=1S/C19H19FN4O4S/c20-15-3-5-16(6-4-15)27-11-8-18-22-19(28-23-18)14-7-10-24(13-14)29(25,26)17-2-1-9-21-12-17/h1-6,9,12,14H,7-8,10-11,13H2.